The van der Waals surface area contributed by atoms with Crippen molar-refractivity contribution in [3.8, 4) is 0 Å². The average Bonchev–Trinajstić information content (AvgIpc) is 3.11. The molecule has 0 radical (unpaired) electrons. The van der Waals surface area contributed by atoms with Crippen LogP contribution in [0.15, 0.2) is 17.5 Å². The van der Waals surface area contributed by atoms with E-state index in [1.165, 1.54) is 45.3 Å². The minimum Gasteiger partial charge on any atom is -0.305 e. The molecule has 0 aromatic carbocycles. The van der Waals surface area contributed by atoms with Gasteiger partial charge in [-0.1, -0.05) is 13.0 Å². The zero-order valence-electron chi connectivity index (χ0n) is 11.3. The van der Waals surface area contributed by atoms with Crippen LogP contribution in [-0.4, -0.2) is 30.6 Å². The van der Waals surface area contributed by atoms with Crippen molar-refractivity contribution in [2.45, 2.75) is 44.7 Å². The third kappa shape index (κ3) is 2.95. The largest absolute Gasteiger partial charge is 0.305 e. The average molecular weight is 264 g/mol. The maximum Gasteiger partial charge on any atom is 0.0445 e. The van der Waals surface area contributed by atoms with Crippen molar-refractivity contribution in [3.05, 3.63) is 22.4 Å². The Morgan fingerprint density at radius 1 is 1.44 bits per heavy atom. The van der Waals surface area contributed by atoms with Crippen LogP contribution in [0.4, 0.5) is 0 Å². The summed E-state index contributed by atoms with van der Waals surface area (Å²) in [6, 6.07) is 5.83. The molecule has 0 spiro atoms. The van der Waals surface area contributed by atoms with E-state index in [1.54, 1.807) is 4.88 Å². The number of rotatable bonds is 5. The zero-order chi connectivity index (χ0) is 12.4. The van der Waals surface area contributed by atoms with Crippen LogP contribution in [0.3, 0.4) is 0 Å². The predicted molar refractivity (Wildman–Crippen MR) is 78.1 cm³/mol. The minimum atomic E-state index is 0.631. The van der Waals surface area contributed by atoms with E-state index in [1.807, 2.05) is 11.3 Å². The van der Waals surface area contributed by atoms with Gasteiger partial charge in [0.05, 0.1) is 0 Å². The number of nitrogens with one attached hydrogen (secondary N) is 1. The van der Waals surface area contributed by atoms with Crippen molar-refractivity contribution < 1.29 is 0 Å². The molecule has 2 heterocycles. The Morgan fingerprint density at radius 3 is 3.00 bits per heavy atom. The number of hydrogen-bond acceptors (Lipinski definition) is 3. The Bertz CT molecular complexity index is 359. The molecule has 1 aromatic rings. The van der Waals surface area contributed by atoms with Crippen molar-refractivity contribution in [3.63, 3.8) is 0 Å². The third-order valence-corrected chi connectivity index (χ3v) is 5.27. The van der Waals surface area contributed by atoms with Gasteiger partial charge in [-0.25, -0.2) is 0 Å². The fourth-order valence-corrected chi connectivity index (χ4v) is 3.96. The van der Waals surface area contributed by atoms with E-state index in [-0.39, 0.29) is 0 Å². The second-order valence-electron chi connectivity index (χ2n) is 5.73. The topological polar surface area (TPSA) is 15.3 Å². The molecule has 3 heteroatoms. The lowest BCUT2D eigenvalue weighted by molar-refractivity contribution is 0.187. The fourth-order valence-electron chi connectivity index (χ4n) is 3.08. The summed E-state index contributed by atoms with van der Waals surface area (Å²) >= 11 is 1.92. The molecule has 2 unspecified atom stereocenters. The van der Waals surface area contributed by atoms with E-state index in [9.17, 15) is 0 Å². The van der Waals surface area contributed by atoms with E-state index in [2.05, 4.69) is 34.7 Å². The summed E-state index contributed by atoms with van der Waals surface area (Å²) < 4.78 is 0. The van der Waals surface area contributed by atoms with Crippen molar-refractivity contribution in [2.24, 2.45) is 5.92 Å². The third-order valence-electron chi connectivity index (χ3n) is 4.31. The summed E-state index contributed by atoms with van der Waals surface area (Å²) in [6.45, 7) is 6.01. The first kappa shape index (κ1) is 12.6. The number of thiophene rings is 1. The molecule has 0 bridgehead atoms. The summed E-state index contributed by atoms with van der Waals surface area (Å²) in [6.07, 6.45) is 5.54. The molecule has 2 nitrogen and oxygen atoms in total. The van der Waals surface area contributed by atoms with Crippen LogP contribution in [0.1, 0.15) is 43.5 Å². The highest BCUT2D eigenvalue weighted by Crippen LogP contribution is 2.42. The first-order valence-electron chi connectivity index (χ1n) is 7.38. The normalized spacial score (nSPS) is 27.3. The molecule has 0 amide bonds. The van der Waals surface area contributed by atoms with Crippen molar-refractivity contribution in [1.82, 2.24) is 10.2 Å². The van der Waals surface area contributed by atoms with Gasteiger partial charge in [0, 0.05) is 23.5 Å². The zero-order valence-corrected chi connectivity index (χ0v) is 12.1. The highest BCUT2D eigenvalue weighted by Gasteiger charge is 2.34. The number of likely N-dealkylation sites (tertiary alicyclic amines) is 1. The van der Waals surface area contributed by atoms with E-state index >= 15 is 0 Å². The first-order chi connectivity index (χ1) is 8.86. The predicted octanol–water partition coefficient (Wildman–Crippen LogP) is 3.27. The standard InChI is InChI=1S/C15H24N2S/c1-2-17-9-3-5-13(11-17)16-15(12-7-8-12)14-6-4-10-18-14/h4,6,10,12-13,15-16H,2-3,5,7-9,11H2,1H3. The summed E-state index contributed by atoms with van der Waals surface area (Å²) in [5.74, 6) is 0.903. The van der Waals surface area contributed by atoms with Crippen LogP contribution in [0, 0.1) is 5.92 Å². The highest BCUT2D eigenvalue weighted by atomic mass is 32.1. The summed E-state index contributed by atoms with van der Waals surface area (Å²) in [4.78, 5) is 4.13. The molecule has 1 aliphatic heterocycles. The Balaban J connectivity index is 1.62. The van der Waals surface area contributed by atoms with Gasteiger partial charge in [0.15, 0.2) is 0 Å². The Morgan fingerprint density at radius 2 is 2.33 bits per heavy atom. The van der Waals surface area contributed by atoms with Gasteiger partial charge in [-0.15, -0.1) is 11.3 Å². The van der Waals surface area contributed by atoms with Crippen molar-refractivity contribution in [2.75, 3.05) is 19.6 Å². The molecule has 100 valence electrons. The van der Waals surface area contributed by atoms with Crippen LogP contribution in [0.2, 0.25) is 0 Å². The fraction of sp³-hybridized carbons (Fsp3) is 0.733. The molecule has 3 rings (SSSR count). The van der Waals surface area contributed by atoms with E-state index < -0.39 is 0 Å². The molecule has 18 heavy (non-hydrogen) atoms. The first-order valence-corrected chi connectivity index (χ1v) is 8.26. The van der Waals surface area contributed by atoms with Crippen LogP contribution in [0.5, 0.6) is 0 Å². The van der Waals surface area contributed by atoms with Crippen molar-refractivity contribution in [1.29, 1.82) is 0 Å². The molecule has 1 N–H and O–H groups in total. The van der Waals surface area contributed by atoms with Crippen LogP contribution in [0.25, 0.3) is 0 Å². The van der Waals surface area contributed by atoms with Crippen molar-refractivity contribution >= 4 is 11.3 Å². The number of nitrogens with zero attached hydrogens (tertiary/aromatic N) is 1. The second kappa shape index (κ2) is 5.72. The maximum atomic E-state index is 3.95. The lowest BCUT2D eigenvalue weighted by atomic mass is 10.0. The Labute approximate surface area is 114 Å². The van der Waals surface area contributed by atoms with Gasteiger partial charge in [-0.05, 0) is 56.1 Å². The monoisotopic (exact) mass is 264 g/mol. The summed E-state index contributed by atoms with van der Waals surface area (Å²) in [7, 11) is 0. The van der Waals surface area contributed by atoms with Gasteiger partial charge in [0.1, 0.15) is 0 Å². The lowest BCUT2D eigenvalue weighted by Gasteiger charge is -2.34. The molecule has 1 aliphatic carbocycles. The van der Waals surface area contributed by atoms with Crippen LogP contribution >= 0.6 is 11.3 Å². The van der Waals surface area contributed by atoms with E-state index in [0.717, 1.165) is 5.92 Å². The van der Waals surface area contributed by atoms with Gasteiger partial charge in [-0.3, -0.25) is 0 Å². The number of likely N-dealkylation sites (N-methyl/N-ethyl adjacent to an activating group) is 1. The molecule has 2 atom stereocenters. The second-order valence-corrected chi connectivity index (χ2v) is 6.71. The minimum absolute atomic E-state index is 0.631. The lowest BCUT2D eigenvalue weighted by Crippen LogP contribution is -2.46. The molecular weight excluding hydrogens is 240 g/mol. The maximum absolute atomic E-state index is 3.95. The summed E-state index contributed by atoms with van der Waals surface area (Å²) in [5.41, 5.74) is 0. The van der Waals surface area contributed by atoms with Gasteiger partial charge in [0.2, 0.25) is 0 Å². The summed E-state index contributed by atoms with van der Waals surface area (Å²) in [5, 5.41) is 6.17. The highest BCUT2D eigenvalue weighted by molar-refractivity contribution is 7.10. The molecule has 1 saturated heterocycles. The number of hydrogen-bond donors (Lipinski definition) is 1. The SMILES string of the molecule is CCN1CCCC(NC(c2cccs2)C2CC2)C1. The quantitative estimate of drug-likeness (QED) is 0.878. The smallest absolute Gasteiger partial charge is 0.0445 e. The molecule has 2 aliphatic rings. The van der Waals surface area contributed by atoms with Gasteiger partial charge < -0.3 is 10.2 Å². The van der Waals surface area contributed by atoms with Gasteiger partial charge >= 0.3 is 0 Å². The van der Waals surface area contributed by atoms with Crippen LogP contribution in [-0.2, 0) is 0 Å². The van der Waals surface area contributed by atoms with Gasteiger partial charge in [-0.2, -0.15) is 0 Å². The molecule has 1 saturated carbocycles. The van der Waals surface area contributed by atoms with Crippen LogP contribution < -0.4 is 5.32 Å². The van der Waals surface area contributed by atoms with E-state index in [4.69, 9.17) is 0 Å². The number of piperidine rings is 1. The Hall–Kier alpha value is -0.380. The van der Waals surface area contributed by atoms with E-state index in [0.29, 0.717) is 12.1 Å². The van der Waals surface area contributed by atoms with Gasteiger partial charge in [0.25, 0.3) is 0 Å². The molecular formula is C15H24N2S. The molecule has 2 fully saturated rings. The Kier molecular flexibility index (Phi) is 4.02. The molecule has 1 aromatic heterocycles.